The number of likely N-dealkylation sites (tertiary alicyclic amines) is 1. The summed E-state index contributed by atoms with van der Waals surface area (Å²) in [6, 6.07) is 5.06. The summed E-state index contributed by atoms with van der Waals surface area (Å²) in [5, 5.41) is 15.0. The fourth-order valence-electron chi connectivity index (χ4n) is 2.82. The molecule has 0 spiro atoms. The first-order valence-corrected chi connectivity index (χ1v) is 8.00. The number of aliphatic carboxylic acids is 1. The van der Waals surface area contributed by atoms with Gasteiger partial charge < -0.3 is 14.5 Å². The lowest BCUT2D eigenvalue weighted by atomic mass is 9.90. The minimum Gasteiger partial charge on any atom is -0.481 e. The van der Waals surface area contributed by atoms with Gasteiger partial charge in [0, 0.05) is 18.7 Å². The first kappa shape index (κ1) is 14.8. The SMILES string of the molecule is C[C@@H]1[C@H](C(=O)O)CCCN1C(=O)c1cc(-c2cccs2)on1. The van der Waals surface area contributed by atoms with E-state index in [0.717, 1.165) is 4.88 Å². The van der Waals surface area contributed by atoms with E-state index in [1.165, 1.54) is 11.3 Å². The van der Waals surface area contributed by atoms with Gasteiger partial charge in [0.1, 0.15) is 0 Å². The average molecular weight is 320 g/mol. The molecule has 1 amide bonds. The number of carbonyl (C=O) groups is 2. The van der Waals surface area contributed by atoms with Crippen LogP contribution in [0.1, 0.15) is 30.3 Å². The number of carbonyl (C=O) groups excluding carboxylic acids is 1. The van der Waals surface area contributed by atoms with Gasteiger partial charge in [0.15, 0.2) is 11.5 Å². The van der Waals surface area contributed by atoms with Gasteiger partial charge in [-0.1, -0.05) is 11.2 Å². The second kappa shape index (κ2) is 5.92. The molecular weight excluding hydrogens is 304 g/mol. The predicted octanol–water partition coefficient (Wildman–Crippen LogP) is 2.73. The van der Waals surface area contributed by atoms with Crippen LogP contribution in [0.5, 0.6) is 0 Å². The molecule has 1 saturated heterocycles. The van der Waals surface area contributed by atoms with Crippen molar-refractivity contribution in [2.75, 3.05) is 6.54 Å². The van der Waals surface area contributed by atoms with Gasteiger partial charge in [-0.25, -0.2) is 0 Å². The fourth-order valence-corrected chi connectivity index (χ4v) is 3.49. The van der Waals surface area contributed by atoms with E-state index in [0.29, 0.717) is 25.1 Å². The average Bonchev–Trinajstić information content (AvgIpc) is 3.17. The molecule has 116 valence electrons. The third-order valence-corrected chi connectivity index (χ3v) is 4.94. The van der Waals surface area contributed by atoms with Crippen molar-refractivity contribution in [1.82, 2.24) is 10.1 Å². The monoisotopic (exact) mass is 320 g/mol. The molecule has 22 heavy (non-hydrogen) atoms. The van der Waals surface area contributed by atoms with Crippen molar-refractivity contribution in [2.24, 2.45) is 5.92 Å². The number of hydrogen-bond acceptors (Lipinski definition) is 5. The van der Waals surface area contributed by atoms with Crippen LogP contribution < -0.4 is 0 Å². The lowest BCUT2D eigenvalue weighted by Gasteiger charge is -2.36. The van der Waals surface area contributed by atoms with Gasteiger partial charge in [-0.2, -0.15) is 0 Å². The Morgan fingerprint density at radius 1 is 1.50 bits per heavy atom. The third-order valence-electron chi connectivity index (χ3n) is 4.06. The fraction of sp³-hybridized carbons (Fsp3) is 0.400. The molecule has 0 unspecified atom stereocenters. The van der Waals surface area contributed by atoms with Crippen LogP contribution in [0.15, 0.2) is 28.1 Å². The summed E-state index contributed by atoms with van der Waals surface area (Å²) < 4.78 is 5.23. The van der Waals surface area contributed by atoms with Crippen molar-refractivity contribution in [3.63, 3.8) is 0 Å². The summed E-state index contributed by atoms with van der Waals surface area (Å²) in [4.78, 5) is 26.3. The highest BCUT2D eigenvalue weighted by molar-refractivity contribution is 7.13. The van der Waals surface area contributed by atoms with E-state index in [-0.39, 0.29) is 17.6 Å². The number of nitrogens with zero attached hydrogens (tertiary/aromatic N) is 2. The number of thiophene rings is 1. The Morgan fingerprint density at radius 3 is 3.00 bits per heavy atom. The molecule has 3 heterocycles. The Balaban J connectivity index is 1.80. The first-order valence-electron chi connectivity index (χ1n) is 7.12. The largest absolute Gasteiger partial charge is 0.481 e. The normalized spacial score (nSPS) is 21.8. The summed E-state index contributed by atoms with van der Waals surface area (Å²) >= 11 is 1.51. The third kappa shape index (κ3) is 2.64. The van der Waals surface area contributed by atoms with Crippen molar-refractivity contribution in [3.05, 3.63) is 29.3 Å². The number of aromatic nitrogens is 1. The van der Waals surface area contributed by atoms with Crippen LogP contribution in [-0.4, -0.2) is 39.6 Å². The molecule has 0 bridgehead atoms. The molecule has 7 heteroatoms. The number of rotatable bonds is 3. The van der Waals surface area contributed by atoms with Gasteiger partial charge >= 0.3 is 5.97 Å². The molecule has 6 nitrogen and oxygen atoms in total. The van der Waals surface area contributed by atoms with E-state index >= 15 is 0 Å². The number of hydrogen-bond donors (Lipinski definition) is 1. The van der Waals surface area contributed by atoms with E-state index < -0.39 is 11.9 Å². The standard InChI is InChI=1S/C15H16N2O4S/c1-9-10(15(19)20)4-2-6-17(9)14(18)11-8-12(21-16-11)13-5-3-7-22-13/h3,5,7-10H,2,4,6H2,1H3,(H,19,20)/t9-,10-/m1/s1. The second-order valence-electron chi connectivity index (χ2n) is 5.38. The van der Waals surface area contributed by atoms with Gasteiger partial charge in [0.2, 0.25) is 0 Å². The molecule has 2 atom stereocenters. The smallest absolute Gasteiger partial charge is 0.308 e. The van der Waals surface area contributed by atoms with E-state index in [1.54, 1.807) is 17.9 Å². The Morgan fingerprint density at radius 2 is 2.32 bits per heavy atom. The maximum absolute atomic E-state index is 12.6. The Labute approximate surface area is 131 Å². The molecule has 3 rings (SSSR count). The maximum Gasteiger partial charge on any atom is 0.308 e. The summed E-state index contributed by atoms with van der Waals surface area (Å²) in [6.07, 6.45) is 1.28. The molecule has 1 aliphatic rings. The van der Waals surface area contributed by atoms with E-state index in [4.69, 9.17) is 4.52 Å². The quantitative estimate of drug-likeness (QED) is 0.940. The van der Waals surface area contributed by atoms with Crippen LogP contribution in [0, 0.1) is 5.92 Å². The van der Waals surface area contributed by atoms with Gasteiger partial charge in [-0.15, -0.1) is 11.3 Å². The van der Waals surface area contributed by atoms with Gasteiger partial charge in [-0.05, 0) is 31.2 Å². The maximum atomic E-state index is 12.6. The van der Waals surface area contributed by atoms with Crippen LogP contribution >= 0.6 is 11.3 Å². The van der Waals surface area contributed by atoms with E-state index in [9.17, 15) is 14.7 Å². The highest BCUT2D eigenvalue weighted by atomic mass is 32.1. The van der Waals surface area contributed by atoms with Crippen molar-refractivity contribution in [2.45, 2.75) is 25.8 Å². The Kier molecular flexibility index (Phi) is 3.98. The molecule has 0 radical (unpaired) electrons. The Hall–Kier alpha value is -2.15. The predicted molar refractivity (Wildman–Crippen MR) is 80.7 cm³/mol. The van der Waals surface area contributed by atoms with Gasteiger partial charge in [-0.3, -0.25) is 9.59 Å². The molecule has 1 aliphatic heterocycles. The molecule has 1 fully saturated rings. The highest BCUT2D eigenvalue weighted by Crippen LogP contribution is 2.28. The van der Waals surface area contributed by atoms with Crippen molar-refractivity contribution in [3.8, 4) is 10.6 Å². The zero-order chi connectivity index (χ0) is 15.7. The zero-order valence-electron chi connectivity index (χ0n) is 12.1. The zero-order valence-corrected chi connectivity index (χ0v) is 12.9. The van der Waals surface area contributed by atoms with Crippen LogP contribution in [-0.2, 0) is 4.79 Å². The van der Waals surface area contributed by atoms with Crippen molar-refractivity contribution >= 4 is 23.2 Å². The summed E-state index contributed by atoms with van der Waals surface area (Å²) in [6.45, 7) is 2.32. The lowest BCUT2D eigenvalue weighted by Crippen LogP contribution is -2.49. The molecular formula is C15H16N2O4S. The number of piperidine rings is 1. The van der Waals surface area contributed by atoms with Crippen molar-refractivity contribution in [1.29, 1.82) is 0 Å². The van der Waals surface area contributed by atoms with E-state index in [2.05, 4.69) is 5.16 Å². The summed E-state index contributed by atoms with van der Waals surface area (Å²) in [7, 11) is 0. The summed E-state index contributed by atoms with van der Waals surface area (Å²) in [5.41, 5.74) is 0.223. The summed E-state index contributed by atoms with van der Waals surface area (Å²) in [5.74, 6) is -1.10. The molecule has 1 N–H and O–H groups in total. The topological polar surface area (TPSA) is 83.6 Å². The van der Waals surface area contributed by atoms with Gasteiger partial charge in [0.25, 0.3) is 5.91 Å². The van der Waals surface area contributed by atoms with Crippen LogP contribution in [0.3, 0.4) is 0 Å². The van der Waals surface area contributed by atoms with Crippen LogP contribution in [0.4, 0.5) is 0 Å². The molecule has 0 aromatic carbocycles. The Bertz CT molecular complexity index is 680. The molecule has 2 aromatic rings. The minimum absolute atomic E-state index is 0.223. The van der Waals surface area contributed by atoms with Crippen molar-refractivity contribution < 1.29 is 19.2 Å². The van der Waals surface area contributed by atoms with Crippen LogP contribution in [0.25, 0.3) is 10.6 Å². The van der Waals surface area contributed by atoms with Crippen LogP contribution in [0.2, 0.25) is 0 Å². The van der Waals surface area contributed by atoms with Gasteiger partial charge in [0.05, 0.1) is 10.8 Å². The number of carboxylic acids is 1. The highest BCUT2D eigenvalue weighted by Gasteiger charge is 2.36. The number of amides is 1. The minimum atomic E-state index is -0.857. The molecule has 0 aliphatic carbocycles. The first-order chi connectivity index (χ1) is 10.6. The van der Waals surface area contributed by atoms with E-state index in [1.807, 2.05) is 17.5 Å². The molecule has 2 aromatic heterocycles. The molecule has 0 saturated carbocycles. The number of carboxylic acid groups (broad SMARTS) is 1. The lowest BCUT2D eigenvalue weighted by molar-refractivity contribution is -0.144. The second-order valence-corrected chi connectivity index (χ2v) is 6.33.